The SMILES string of the molecule is CCCN(CC)c1c2c(nc3c(-c4ccc(OC)cc4C)c(C)nn13)COC2. The van der Waals surface area contributed by atoms with Crippen LogP contribution in [-0.2, 0) is 18.0 Å². The third-order valence-corrected chi connectivity index (χ3v) is 5.46. The van der Waals surface area contributed by atoms with Crippen LogP contribution in [0.4, 0.5) is 5.82 Å². The van der Waals surface area contributed by atoms with Gasteiger partial charge in [0.2, 0.25) is 0 Å². The van der Waals surface area contributed by atoms with Gasteiger partial charge >= 0.3 is 0 Å². The Morgan fingerprint density at radius 2 is 2.04 bits per heavy atom. The lowest BCUT2D eigenvalue weighted by molar-refractivity contribution is 0.133. The van der Waals surface area contributed by atoms with E-state index in [0.29, 0.717) is 13.2 Å². The fourth-order valence-electron chi connectivity index (χ4n) is 4.10. The highest BCUT2D eigenvalue weighted by atomic mass is 16.5. The van der Waals surface area contributed by atoms with E-state index in [-0.39, 0.29) is 0 Å². The maximum Gasteiger partial charge on any atom is 0.165 e. The number of hydrogen-bond acceptors (Lipinski definition) is 5. The van der Waals surface area contributed by atoms with E-state index in [0.717, 1.165) is 64.8 Å². The van der Waals surface area contributed by atoms with Gasteiger partial charge in [0, 0.05) is 24.2 Å². The van der Waals surface area contributed by atoms with Gasteiger partial charge in [-0.1, -0.05) is 13.0 Å². The van der Waals surface area contributed by atoms with Crippen LogP contribution in [0.1, 0.15) is 42.8 Å². The molecule has 0 N–H and O–H groups in total. The van der Waals surface area contributed by atoms with Crippen molar-refractivity contribution in [3.63, 3.8) is 0 Å². The molecule has 0 saturated heterocycles. The maximum atomic E-state index is 5.75. The summed E-state index contributed by atoms with van der Waals surface area (Å²) >= 11 is 0. The summed E-state index contributed by atoms with van der Waals surface area (Å²) in [6, 6.07) is 6.16. The van der Waals surface area contributed by atoms with Gasteiger partial charge in [-0.15, -0.1) is 0 Å². The van der Waals surface area contributed by atoms with Gasteiger partial charge in [-0.05, 0) is 50.5 Å². The van der Waals surface area contributed by atoms with Gasteiger partial charge in [-0.3, -0.25) is 0 Å². The summed E-state index contributed by atoms with van der Waals surface area (Å²) in [5, 5.41) is 4.93. The Labute approximate surface area is 166 Å². The highest BCUT2D eigenvalue weighted by Crippen LogP contribution is 2.37. The summed E-state index contributed by atoms with van der Waals surface area (Å²) in [5.41, 5.74) is 7.47. The summed E-state index contributed by atoms with van der Waals surface area (Å²) in [6.45, 7) is 11.6. The Bertz CT molecular complexity index is 1030. The second-order valence-electron chi connectivity index (χ2n) is 7.31. The van der Waals surface area contributed by atoms with Crippen LogP contribution in [-0.4, -0.2) is 34.8 Å². The van der Waals surface area contributed by atoms with Gasteiger partial charge < -0.3 is 14.4 Å². The summed E-state index contributed by atoms with van der Waals surface area (Å²) in [6.07, 6.45) is 1.08. The van der Waals surface area contributed by atoms with Crippen molar-refractivity contribution < 1.29 is 9.47 Å². The second-order valence-corrected chi connectivity index (χ2v) is 7.31. The van der Waals surface area contributed by atoms with Crippen LogP contribution in [0, 0.1) is 13.8 Å². The topological polar surface area (TPSA) is 51.9 Å². The summed E-state index contributed by atoms with van der Waals surface area (Å²) in [5.74, 6) is 1.99. The van der Waals surface area contributed by atoms with Gasteiger partial charge in [0.05, 0.1) is 31.7 Å². The standard InChI is InChI=1S/C22H28N4O2/c1-6-10-25(7-2)22-18-12-28-13-19(18)23-21-20(15(4)24-26(21)22)17-9-8-16(27-5)11-14(17)3/h8-9,11H,6-7,10,12-13H2,1-5H3. The quantitative estimate of drug-likeness (QED) is 0.639. The molecule has 148 valence electrons. The van der Waals surface area contributed by atoms with Crippen LogP contribution in [0.2, 0.25) is 0 Å². The molecule has 0 aliphatic carbocycles. The molecule has 0 atom stereocenters. The van der Waals surface area contributed by atoms with Crippen molar-refractivity contribution in [2.24, 2.45) is 0 Å². The van der Waals surface area contributed by atoms with Crippen LogP contribution in [0.25, 0.3) is 16.8 Å². The van der Waals surface area contributed by atoms with E-state index >= 15 is 0 Å². The predicted octanol–water partition coefficient (Wildman–Crippen LogP) is 4.29. The molecule has 0 unspecified atom stereocenters. The molecule has 3 heterocycles. The number of methoxy groups -OCH3 is 1. The number of nitrogens with zero attached hydrogens (tertiary/aromatic N) is 4. The lowest BCUT2D eigenvalue weighted by Crippen LogP contribution is -2.27. The number of benzene rings is 1. The monoisotopic (exact) mass is 380 g/mol. The van der Waals surface area contributed by atoms with Crippen molar-refractivity contribution in [1.82, 2.24) is 14.6 Å². The first kappa shape index (κ1) is 18.7. The highest BCUT2D eigenvalue weighted by Gasteiger charge is 2.27. The molecule has 1 aliphatic rings. The van der Waals surface area contributed by atoms with Crippen molar-refractivity contribution in [2.45, 2.75) is 47.3 Å². The number of fused-ring (bicyclic) bond motifs is 2. The summed E-state index contributed by atoms with van der Waals surface area (Å²) < 4.78 is 13.2. The number of aryl methyl sites for hydroxylation is 2. The van der Waals surface area contributed by atoms with Crippen molar-refractivity contribution >= 4 is 11.5 Å². The van der Waals surface area contributed by atoms with E-state index in [1.165, 1.54) is 5.56 Å². The fourth-order valence-corrected chi connectivity index (χ4v) is 4.10. The molecule has 3 aromatic rings. The first-order valence-electron chi connectivity index (χ1n) is 9.97. The molecular formula is C22H28N4O2. The number of ether oxygens (including phenoxy) is 2. The molecule has 0 fully saturated rings. The van der Waals surface area contributed by atoms with Crippen molar-refractivity contribution in [1.29, 1.82) is 0 Å². The Kier molecular flexibility index (Phi) is 4.98. The molecule has 0 amide bonds. The zero-order valence-corrected chi connectivity index (χ0v) is 17.4. The first-order chi connectivity index (χ1) is 13.6. The molecule has 6 heteroatoms. The predicted molar refractivity (Wildman–Crippen MR) is 111 cm³/mol. The average Bonchev–Trinajstić information content (AvgIpc) is 3.28. The third kappa shape index (κ3) is 2.92. The van der Waals surface area contributed by atoms with E-state index in [4.69, 9.17) is 19.6 Å². The van der Waals surface area contributed by atoms with Crippen LogP contribution in [0.5, 0.6) is 5.75 Å². The minimum Gasteiger partial charge on any atom is -0.497 e. The summed E-state index contributed by atoms with van der Waals surface area (Å²) in [4.78, 5) is 7.38. The summed E-state index contributed by atoms with van der Waals surface area (Å²) in [7, 11) is 1.69. The molecule has 0 spiro atoms. The maximum absolute atomic E-state index is 5.75. The van der Waals surface area contributed by atoms with E-state index in [1.54, 1.807) is 7.11 Å². The number of rotatable bonds is 6. The molecule has 0 bridgehead atoms. The minimum atomic E-state index is 0.563. The largest absolute Gasteiger partial charge is 0.497 e. The lowest BCUT2D eigenvalue weighted by Gasteiger charge is -2.25. The molecule has 0 radical (unpaired) electrons. The molecule has 0 saturated carbocycles. The molecule has 6 nitrogen and oxygen atoms in total. The normalized spacial score (nSPS) is 13.2. The Balaban J connectivity index is 1.99. The number of anilines is 1. The molecule has 4 rings (SSSR count). The van der Waals surface area contributed by atoms with Crippen molar-refractivity contribution in [2.75, 3.05) is 25.1 Å². The van der Waals surface area contributed by atoms with E-state index in [9.17, 15) is 0 Å². The van der Waals surface area contributed by atoms with Crippen LogP contribution >= 0.6 is 0 Å². The highest BCUT2D eigenvalue weighted by molar-refractivity contribution is 5.83. The molecule has 2 aromatic heterocycles. The van der Waals surface area contributed by atoms with Gasteiger partial charge in [0.1, 0.15) is 11.6 Å². The van der Waals surface area contributed by atoms with Crippen LogP contribution in [0.15, 0.2) is 18.2 Å². The van der Waals surface area contributed by atoms with E-state index < -0.39 is 0 Å². The van der Waals surface area contributed by atoms with E-state index in [1.807, 2.05) is 10.6 Å². The number of hydrogen-bond donors (Lipinski definition) is 0. The molecule has 1 aromatic carbocycles. The zero-order chi connectivity index (χ0) is 19.8. The number of aromatic nitrogens is 3. The van der Waals surface area contributed by atoms with Crippen molar-refractivity contribution in [3.8, 4) is 16.9 Å². The van der Waals surface area contributed by atoms with Gasteiger partial charge in [0.15, 0.2) is 5.65 Å². The molecular weight excluding hydrogens is 352 g/mol. The van der Waals surface area contributed by atoms with Gasteiger partial charge in [-0.25, -0.2) is 4.98 Å². The van der Waals surface area contributed by atoms with Gasteiger partial charge in [0.25, 0.3) is 0 Å². The van der Waals surface area contributed by atoms with Crippen LogP contribution in [0.3, 0.4) is 0 Å². The smallest absolute Gasteiger partial charge is 0.165 e. The van der Waals surface area contributed by atoms with E-state index in [2.05, 4.69) is 44.7 Å². The first-order valence-corrected chi connectivity index (χ1v) is 9.97. The van der Waals surface area contributed by atoms with Crippen molar-refractivity contribution in [3.05, 3.63) is 40.7 Å². The van der Waals surface area contributed by atoms with Crippen LogP contribution < -0.4 is 9.64 Å². The molecule has 28 heavy (non-hydrogen) atoms. The lowest BCUT2D eigenvalue weighted by atomic mass is 10.0. The Morgan fingerprint density at radius 3 is 2.71 bits per heavy atom. The average molecular weight is 380 g/mol. The Hall–Kier alpha value is -2.60. The third-order valence-electron chi connectivity index (χ3n) is 5.46. The van der Waals surface area contributed by atoms with Gasteiger partial charge in [-0.2, -0.15) is 9.61 Å². The fraction of sp³-hybridized carbons (Fsp3) is 0.455. The zero-order valence-electron chi connectivity index (χ0n) is 17.4. The minimum absolute atomic E-state index is 0.563. The molecule has 1 aliphatic heterocycles. The second kappa shape index (κ2) is 7.43. The Morgan fingerprint density at radius 1 is 1.21 bits per heavy atom.